The Morgan fingerprint density at radius 3 is 2.35 bits per heavy atom. The molecule has 2 aromatic carbocycles. The molecule has 0 aliphatic carbocycles. The highest BCUT2D eigenvalue weighted by molar-refractivity contribution is 7.09. The standard InChI is InChI=1S/C25H28N4OS/c30-23(27-24(25-26-13-19-31-25)22-11-5-2-6-12-22)20-29-17-15-28(16-18-29)14-7-10-21-8-3-1-4-9-21/h1-13,19,24H,14-18,20H2,(H,27,30)/b10-7+. The normalized spacial score (nSPS) is 16.4. The van der Waals surface area contributed by atoms with Crippen LogP contribution < -0.4 is 5.32 Å². The van der Waals surface area contributed by atoms with Gasteiger partial charge in [-0.05, 0) is 11.1 Å². The molecular formula is C25H28N4OS. The first kappa shape index (κ1) is 21.4. The fourth-order valence-corrected chi connectivity index (χ4v) is 4.47. The highest BCUT2D eigenvalue weighted by Crippen LogP contribution is 2.23. The molecule has 1 unspecified atom stereocenters. The van der Waals surface area contributed by atoms with Gasteiger partial charge >= 0.3 is 0 Å². The molecule has 3 aromatic rings. The summed E-state index contributed by atoms with van der Waals surface area (Å²) < 4.78 is 0. The van der Waals surface area contributed by atoms with Crippen molar-refractivity contribution in [2.45, 2.75) is 6.04 Å². The van der Waals surface area contributed by atoms with E-state index in [1.807, 2.05) is 41.8 Å². The minimum absolute atomic E-state index is 0.0430. The van der Waals surface area contributed by atoms with Crippen molar-refractivity contribution in [3.05, 3.63) is 94.5 Å². The molecule has 31 heavy (non-hydrogen) atoms. The topological polar surface area (TPSA) is 48.5 Å². The Morgan fingerprint density at radius 1 is 1.00 bits per heavy atom. The maximum absolute atomic E-state index is 12.8. The van der Waals surface area contributed by atoms with Gasteiger partial charge in [-0.2, -0.15) is 0 Å². The molecule has 1 N–H and O–H groups in total. The summed E-state index contributed by atoms with van der Waals surface area (Å²) >= 11 is 1.57. The van der Waals surface area contributed by atoms with Crippen LogP contribution in [0.3, 0.4) is 0 Å². The van der Waals surface area contributed by atoms with Crippen LogP contribution in [0.25, 0.3) is 6.08 Å². The molecule has 1 aliphatic heterocycles. The largest absolute Gasteiger partial charge is 0.342 e. The maximum Gasteiger partial charge on any atom is 0.235 e. The number of thiazole rings is 1. The molecule has 5 nitrogen and oxygen atoms in total. The van der Waals surface area contributed by atoms with Crippen molar-refractivity contribution < 1.29 is 4.79 Å². The van der Waals surface area contributed by atoms with Crippen LogP contribution in [-0.2, 0) is 4.79 Å². The number of nitrogens with zero attached hydrogens (tertiary/aromatic N) is 3. The van der Waals surface area contributed by atoms with Crippen molar-refractivity contribution >= 4 is 23.3 Å². The lowest BCUT2D eigenvalue weighted by molar-refractivity contribution is -0.123. The summed E-state index contributed by atoms with van der Waals surface area (Å²) in [5.74, 6) is 0.0430. The van der Waals surface area contributed by atoms with E-state index in [-0.39, 0.29) is 11.9 Å². The van der Waals surface area contributed by atoms with Gasteiger partial charge in [0.15, 0.2) is 0 Å². The predicted molar refractivity (Wildman–Crippen MR) is 127 cm³/mol. The van der Waals surface area contributed by atoms with Gasteiger partial charge in [0.25, 0.3) is 0 Å². The number of nitrogens with one attached hydrogen (secondary N) is 1. The van der Waals surface area contributed by atoms with Crippen molar-refractivity contribution in [3.8, 4) is 0 Å². The number of rotatable bonds is 8. The Balaban J connectivity index is 1.25. The van der Waals surface area contributed by atoms with E-state index in [2.05, 4.69) is 56.5 Å². The van der Waals surface area contributed by atoms with Gasteiger partial charge in [-0.25, -0.2) is 4.98 Å². The quantitative estimate of drug-likeness (QED) is 0.590. The monoisotopic (exact) mass is 432 g/mol. The second kappa shape index (κ2) is 11.0. The van der Waals surface area contributed by atoms with Gasteiger partial charge in [-0.3, -0.25) is 14.6 Å². The van der Waals surface area contributed by atoms with Gasteiger partial charge in [0, 0.05) is 44.3 Å². The number of aromatic nitrogens is 1. The second-order valence-electron chi connectivity index (χ2n) is 7.67. The molecule has 4 rings (SSSR count). The van der Waals surface area contributed by atoms with Crippen molar-refractivity contribution in [3.63, 3.8) is 0 Å². The van der Waals surface area contributed by atoms with Crippen molar-refractivity contribution in [2.24, 2.45) is 0 Å². The first-order valence-electron chi connectivity index (χ1n) is 10.7. The Labute approximate surface area is 188 Å². The molecule has 160 valence electrons. The van der Waals surface area contributed by atoms with Gasteiger partial charge in [-0.15, -0.1) is 11.3 Å². The molecule has 0 radical (unpaired) electrons. The minimum atomic E-state index is -0.196. The van der Waals surface area contributed by atoms with Crippen LogP contribution in [0.15, 0.2) is 78.3 Å². The second-order valence-corrected chi connectivity index (χ2v) is 8.60. The van der Waals surface area contributed by atoms with Crippen LogP contribution >= 0.6 is 11.3 Å². The third kappa shape index (κ3) is 6.34. The van der Waals surface area contributed by atoms with E-state index < -0.39 is 0 Å². The minimum Gasteiger partial charge on any atom is -0.342 e. The molecule has 1 aromatic heterocycles. The molecule has 1 saturated heterocycles. The summed E-state index contributed by atoms with van der Waals surface area (Å²) in [6.45, 7) is 5.11. The molecule has 2 heterocycles. The van der Waals surface area contributed by atoms with Crippen molar-refractivity contribution in [2.75, 3.05) is 39.3 Å². The SMILES string of the molecule is O=C(CN1CCN(C/C=C/c2ccccc2)CC1)NC(c1ccccc1)c1nccs1. The molecule has 1 fully saturated rings. The van der Waals surface area contributed by atoms with E-state index in [0.717, 1.165) is 43.3 Å². The molecule has 1 amide bonds. The fourth-order valence-electron chi connectivity index (χ4n) is 3.75. The first-order valence-corrected chi connectivity index (χ1v) is 11.6. The lowest BCUT2D eigenvalue weighted by Crippen LogP contribution is -2.49. The van der Waals surface area contributed by atoms with Gasteiger partial charge in [0.05, 0.1) is 6.54 Å². The van der Waals surface area contributed by atoms with Crippen LogP contribution in [0, 0.1) is 0 Å². The van der Waals surface area contributed by atoms with E-state index in [1.54, 1.807) is 17.5 Å². The van der Waals surface area contributed by atoms with Crippen molar-refractivity contribution in [1.82, 2.24) is 20.1 Å². The number of piperazine rings is 1. The van der Waals surface area contributed by atoms with Crippen LogP contribution in [0.1, 0.15) is 22.2 Å². The number of carbonyl (C=O) groups excluding carboxylic acids is 1. The number of carbonyl (C=O) groups is 1. The summed E-state index contributed by atoms with van der Waals surface area (Å²) in [4.78, 5) is 21.9. The molecule has 1 atom stereocenters. The van der Waals surface area contributed by atoms with Crippen LogP contribution in [-0.4, -0.2) is 60.0 Å². The highest BCUT2D eigenvalue weighted by atomic mass is 32.1. The van der Waals surface area contributed by atoms with Crippen molar-refractivity contribution in [1.29, 1.82) is 0 Å². The van der Waals surface area contributed by atoms with E-state index in [9.17, 15) is 4.79 Å². The molecule has 6 heteroatoms. The van der Waals surface area contributed by atoms with E-state index in [0.29, 0.717) is 6.54 Å². The smallest absolute Gasteiger partial charge is 0.235 e. The number of benzene rings is 2. The molecule has 0 saturated carbocycles. The zero-order chi connectivity index (χ0) is 21.3. The first-order chi connectivity index (χ1) is 15.3. The van der Waals surface area contributed by atoms with E-state index in [1.165, 1.54) is 5.56 Å². The third-order valence-corrected chi connectivity index (χ3v) is 6.28. The molecule has 0 bridgehead atoms. The lowest BCUT2D eigenvalue weighted by atomic mass is 10.1. The maximum atomic E-state index is 12.8. The number of hydrogen-bond acceptors (Lipinski definition) is 5. The summed E-state index contributed by atoms with van der Waals surface area (Å²) in [6.07, 6.45) is 6.17. The van der Waals surface area contributed by atoms with E-state index in [4.69, 9.17) is 0 Å². The number of hydrogen-bond donors (Lipinski definition) is 1. The van der Waals surface area contributed by atoms with E-state index >= 15 is 0 Å². The summed E-state index contributed by atoms with van der Waals surface area (Å²) in [5.41, 5.74) is 2.28. The summed E-state index contributed by atoms with van der Waals surface area (Å²) in [5, 5.41) is 6.05. The third-order valence-electron chi connectivity index (χ3n) is 5.44. The molecular weight excluding hydrogens is 404 g/mol. The zero-order valence-corrected chi connectivity index (χ0v) is 18.4. The average molecular weight is 433 g/mol. The van der Waals surface area contributed by atoms with Gasteiger partial charge in [-0.1, -0.05) is 72.8 Å². The fraction of sp³-hybridized carbons (Fsp3) is 0.280. The van der Waals surface area contributed by atoms with Gasteiger partial charge in [0.2, 0.25) is 5.91 Å². The Hall–Kier alpha value is -2.80. The summed E-state index contributed by atoms with van der Waals surface area (Å²) in [7, 11) is 0. The van der Waals surface area contributed by atoms with Gasteiger partial charge < -0.3 is 5.32 Å². The lowest BCUT2D eigenvalue weighted by Gasteiger charge is -2.34. The Kier molecular flexibility index (Phi) is 7.60. The average Bonchev–Trinajstić information content (AvgIpc) is 3.35. The molecule has 1 aliphatic rings. The number of amides is 1. The Bertz CT molecular complexity index is 952. The molecule has 0 spiro atoms. The predicted octanol–water partition coefficient (Wildman–Crippen LogP) is 3.68. The summed E-state index contributed by atoms with van der Waals surface area (Å²) in [6, 6.07) is 20.2. The highest BCUT2D eigenvalue weighted by Gasteiger charge is 2.22. The Morgan fingerprint density at radius 2 is 1.68 bits per heavy atom. The zero-order valence-electron chi connectivity index (χ0n) is 17.6. The van der Waals surface area contributed by atoms with Crippen LogP contribution in [0.2, 0.25) is 0 Å². The van der Waals surface area contributed by atoms with Crippen LogP contribution in [0.4, 0.5) is 0 Å². The van der Waals surface area contributed by atoms with Gasteiger partial charge in [0.1, 0.15) is 11.0 Å². The van der Waals surface area contributed by atoms with Crippen LogP contribution in [0.5, 0.6) is 0 Å².